The highest BCUT2D eigenvalue weighted by molar-refractivity contribution is 8.03. The van der Waals surface area contributed by atoms with Gasteiger partial charge in [0, 0.05) is 10.6 Å². The number of amides is 1. The molecule has 0 spiro atoms. The Kier molecular flexibility index (Phi) is 5.24. The Hall–Kier alpha value is -2.45. The maximum atomic E-state index is 11.9. The van der Waals surface area contributed by atoms with Gasteiger partial charge in [0.2, 0.25) is 5.91 Å². The highest BCUT2D eigenvalue weighted by Gasteiger charge is 2.04. The van der Waals surface area contributed by atoms with E-state index in [9.17, 15) is 4.79 Å². The minimum atomic E-state index is -0.0825. The van der Waals surface area contributed by atoms with E-state index >= 15 is 0 Å². The molecule has 2 rings (SSSR count). The van der Waals surface area contributed by atoms with Crippen LogP contribution < -0.4 is 10.1 Å². The summed E-state index contributed by atoms with van der Waals surface area (Å²) in [4.78, 5) is 12.8. The Morgan fingerprint density at radius 3 is 2.43 bits per heavy atom. The van der Waals surface area contributed by atoms with Crippen molar-refractivity contribution in [2.24, 2.45) is 0 Å². The molecule has 4 nitrogen and oxygen atoms in total. The number of anilines is 1. The van der Waals surface area contributed by atoms with Gasteiger partial charge >= 0.3 is 0 Å². The Morgan fingerprint density at radius 1 is 1.19 bits per heavy atom. The molecule has 0 fully saturated rings. The largest absolute Gasteiger partial charge is 0.497 e. The standard InChI is InChI=1S/C16H14N2O2S/c1-20-14-6-2-12(3-7-14)10-16(19)18-13-4-8-15(9-5-13)21-11-17/h2-9H,10H2,1H3,(H,18,19). The topological polar surface area (TPSA) is 62.1 Å². The molecule has 0 atom stereocenters. The van der Waals surface area contributed by atoms with Gasteiger partial charge in [-0.3, -0.25) is 4.79 Å². The summed E-state index contributed by atoms with van der Waals surface area (Å²) in [5.74, 6) is 0.686. The SMILES string of the molecule is COc1ccc(CC(=O)Nc2ccc(SC#N)cc2)cc1. The van der Waals surface area contributed by atoms with Crippen LogP contribution in [0.2, 0.25) is 0 Å². The van der Waals surface area contributed by atoms with Crippen LogP contribution in [-0.4, -0.2) is 13.0 Å². The molecule has 0 aliphatic heterocycles. The monoisotopic (exact) mass is 298 g/mol. The molecule has 0 bridgehead atoms. The van der Waals surface area contributed by atoms with Crippen LogP contribution in [0, 0.1) is 10.7 Å². The molecule has 0 heterocycles. The Bertz CT molecular complexity index is 645. The fourth-order valence-corrected chi connectivity index (χ4v) is 2.17. The molecular formula is C16H14N2O2S. The first-order valence-electron chi connectivity index (χ1n) is 6.30. The fourth-order valence-electron chi connectivity index (χ4n) is 1.79. The summed E-state index contributed by atoms with van der Waals surface area (Å²) in [6.07, 6.45) is 0.304. The maximum absolute atomic E-state index is 11.9. The molecule has 0 unspecified atom stereocenters. The smallest absolute Gasteiger partial charge is 0.228 e. The lowest BCUT2D eigenvalue weighted by Crippen LogP contribution is -2.14. The second-order valence-electron chi connectivity index (χ2n) is 4.29. The molecule has 0 aliphatic carbocycles. The zero-order valence-electron chi connectivity index (χ0n) is 11.5. The summed E-state index contributed by atoms with van der Waals surface area (Å²) in [6, 6.07) is 14.6. The molecule has 2 aromatic rings. The number of nitrogens with one attached hydrogen (secondary N) is 1. The average molecular weight is 298 g/mol. The summed E-state index contributed by atoms with van der Waals surface area (Å²) in [5, 5.41) is 13.4. The van der Waals surface area contributed by atoms with Crippen molar-refractivity contribution in [1.82, 2.24) is 0 Å². The lowest BCUT2D eigenvalue weighted by Gasteiger charge is -2.06. The maximum Gasteiger partial charge on any atom is 0.228 e. The Balaban J connectivity index is 1.93. The van der Waals surface area contributed by atoms with Gasteiger partial charge in [0.25, 0.3) is 0 Å². The third kappa shape index (κ3) is 4.55. The van der Waals surface area contributed by atoms with Gasteiger partial charge in [0.15, 0.2) is 0 Å². The number of benzene rings is 2. The second kappa shape index (κ2) is 7.36. The van der Waals surface area contributed by atoms with Crippen LogP contribution in [0.4, 0.5) is 5.69 Å². The summed E-state index contributed by atoms with van der Waals surface area (Å²) in [5.41, 5.74) is 1.64. The predicted octanol–water partition coefficient (Wildman–Crippen LogP) is 3.45. The zero-order chi connectivity index (χ0) is 15.1. The van der Waals surface area contributed by atoms with E-state index in [1.807, 2.05) is 29.7 Å². The van der Waals surface area contributed by atoms with E-state index in [2.05, 4.69) is 5.32 Å². The van der Waals surface area contributed by atoms with Gasteiger partial charge in [-0.25, -0.2) is 0 Å². The van der Waals surface area contributed by atoms with Gasteiger partial charge in [0.05, 0.1) is 13.5 Å². The molecule has 5 heteroatoms. The molecule has 21 heavy (non-hydrogen) atoms. The van der Waals surface area contributed by atoms with Crippen molar-refractivity contribution in [2.45, 2.75) is 11.3 Å². The first-order chi connectivity index (χ1) is 10.2. The van der Waals surface area contributed by atoms with E-state index in [1.54, 1.807) is 31.4 Å². The third-order valence-electron chi connectivity index (χ3n) is 2.83. The summed E-state index contributed by atoms with van der Waals surface area (Å²) >= 11 is 1.09. The number of carbonyl (C=O) groups is 1. The van der Waals surface area contributed by atoms with Crippen LogP contribution in [0.3, 0.4) is 0 Å². The van der Waals surface area contributed by atoms with Gasteiger partial charge < -0.3 is 10.1 Å². The van der Waals surface area contributed by atoms with Crippen molar-refractivity contribution in [1.29, 1.82) is 5.26 Å². The lowest BCUT2D eigenvalue weighted by molar-refractivity contribution is -0.115. The Labute approximate surface area is 127 Å². The van der Waals surface area contributed by atoms with Crippen molar-refractivity contribution in [3.8, 4) is 11.2 Å². The number of nitriles is 1. The highest BCUT2D eigenvalue weighted by atomic mass is 32.2. The Morgan fingerprint density at radius 2 is 1.86 bits per heavy atom. The molecule has 0 saturated carbocycles. The van der Waals surface area contributed by atoms with E-state index in [0.29, 0.717) is 6.42 Å². The molecule has 106 valence electrons. The number of rotatable bonds is 5. The van der Waals surface area contributed by atoms with Crippen LogP contribution in [0.15, 0.2) is 53.4 Å². The molecular weight excluding hydrogens is 284 g/mol. The van der Waals surface area contributed by atoms with Crippen molar-refractivity contribution in [3.63, 3.8) is 0 Å². The molecule has 2 aromatic carbocycles. The van der Waals surface area contributed by atoms with E-state index in [-0.39, 0.29) is 5.91 Å². The lowest BCUT2D eigenvalue weighted by atomic mass is 10.1. The van der Waals surface area contributed by atoms with Crippen LogP contribution in [-0.2, 0) is 11.2 Å². The minimum absolute atomic E-state index is 0.0825. The number of methoxy groups -OCH3 is 1. The van der Waals surface area contributed by atoms with E-state index < -0.39 is 0 Å². The summed E-state index contributed by atoms with van der Waals surface area (Å²) in [6.45, 7) is 0. The van der Waals surface area contributed by atoms with E-state index in [0.717, 1.165) is 33.7 Å². The van der Waals surface area contributed by atoms with Crippen LogP contribution >= 0.6 is 11.8 Å². The van der Waals surface area contributed by atoms with Crippen molar-refractivity contribution < 1.29 is 9.53 Å². The normalized spacial score (nSPS) is 9.71. The number of nitrogens with zero attached hydrogens (tertiary/aromatic N) is 1. The minimum Gasteiger partial charge on any atom is -0.497 e. The number of hydrogen-bond acceptors (Lipinski definition) is 4. The average Bonchev–Trinajstić information content (AvgIpc) is 2.50. The van der Waals surface area contributed by atoms with Crippen LogP contribution in [0.1, 0.15) is 5.56 Å². The number of thiocyanates is 1. The highest BCUT2D eigenvalue weighted by Crippen LogP contribution is 2.19. The van der Waals surface area contributed by atoms with E-state index in [4.69, 9.17) is 10.00 Å². The molecule has 1 N–H and O–H groups in total. The zero-order valence-corrected chi connectivity index (χ0v) is 12.3. The number of ether oxygens (including phenoxy) is 1. The number of thioether (sulfide) groups is 1. The van der Waals surface area contributed by atoms with Gasteiger partial charge in [-0.05, 0) is 53.7 Å². The number of carbonyl (C=O) groups excluding carboxylic acids is 1. The van der Waals surface area contributed by atoms with Crippen molar-refractivity contribution in [3.05, 3.63) is 54.1 Å². The summed E-state index contributed by atoms with van der Waals surface area (Å²) < 4.78 is 5.08. The molecule has 0 aliphatic rings. The van der Waals surface area contributed by atoms with Gasteiger partial charge in [-0.1, -0.05) is 12.1 Å². The molecule has 0 aromatic heterocycles. The summed E-state index contributed by atoms with van der Waals surface area (Å²) in [7, 11) is 1.61. The van der Waals surface area contributed by atoms with Gasteiger partial charge in [0.1, 0.15) is 11.2 Å². The van der Waals surface area contributed by atoms with Gasteiger partial charge in [-0.15, -0.1) is 0 Å². The fraction of sp³-hybridized carbons (Fsp3) is 0.125. The first-order valence-corrected chi connectivity index (χ1v) is 7.11. The van der Waals surface area contributed by atoms with Crippen molar-refractivity contribution >= 4 is 23.4 Å². The van der Waals surface area contributed by atoms with Crippen LogP contribution in [0.5, 0.6) is 5.75 Å². The second-order valence-corrected chi connectivity index (χ2v) is 5.15. The van der Waals surface area contributed by atoms with E-state index in [1.165, 1.54) is 0 Å². The predicted molar refractivity (Wildman–Crippen MR) is 83.2 cm³/mol. The molecule has 0 saturated heterocycles. The quantitative estimate of drug-likeness (QED) is 0.678. The third-order valence-corrected chi connectivity index (χ3v) is 3.42. The number of hydrogen-bond donors (Lipinski definition) is 1. The van der Waals surface area contributed by atoms with Crippen molar-refractivity contribution in [2.75, 3.05) is 12.4 Å². The van der Waals surface area contributed by atoms with Crippen LogP contribution in [0.25, 0.3) is 0 Å². The first kappa shape index (κ1) is 14.9. The molecule has 0 radical (unpaired) electrons. The molecule has 1 amide bonds. The van der Waals surface area contributed by atoms with Gasteiger partial charge in [-0.2, -0.15) is 5.26 Å².